The minimum atomic E-state index is -2.29. The molecule has 0 bridgehead atoms. The number of benzene rings is 2. The van der Waals surface area contributed by atoms with Crippen molar-refractivity contribution in [1.82, 2.24) is 14.9 Å². The predicted octanol–water partition coefficient (Wildman–Crippen LogP) is 1.72. The maximum atomic E-state index is 13.2. The van der Waals surface area contributed by atoms with Gasteiger partial charge in [-0.3, -0.25) is 4.79 Å². The normalized spacial score (nSPS) is 20.1. The third kappa shape index (κ3) is 3.88. The molecule has 3 aromatic rings. The summed E-state index contributed by atoms with van der Waals surface area (Å²) in [7, 11) is 3.10. The predicted molar refractivity (Wildman–Crippen MR) is 122 cm³/mol. The molecule has 1 amide bonds. The number of nitrogen functional groups attached to an aromatic ring is 1. The average Bonchev–Trinajstić information content (AvgIpc) is 2.86. The fourth-order valence-electron chi connectivity index (χ4n) is 3.90. The van der Waals surface area contributed by atoms with Gasteiger partial charge in [-0.15, -0.1) is 0 Å². The van der Waals surface area contributed by atoms with Gasteiger partial charge in [0.15, 0.2) is 23.0 Å². The van der Waals surface area contributed by atoms with Crippen molar-refractivity contribution in [2.24, 2.45) is 0 Å². The SMILES string of the molecule is [2H]C1([2H])Oc2ccccc2OC1C(=O)N1CCN(c2nc(N)c3cc(OC)c(OC)cc3n2)CC1. The molecule has 3 heterocycles. The summed E-state index contributed by atoms with van der Waals surface area (Å²) in [6, 6.07) is 10.2. The molecule has 1 unspecified atom stereocenters. The van der Waals surface area contributed by atoms with Gasteiger partial charge < -0.3 is 34.5 Å². The number of amides is 1. The second-order valence-corrected chi connectivity index (χ2v) is 7.61. The van der Waals surface area contributed by atoms with Gasteiger partial charge in [0.2, 0.25) is 12.1 Å². The van der Waals surface area contributed by atoms with E-state index in [1.165, 1.54) is 0 Å². The van der Waals surface area contributed by atoms with Crippen LogP contribution in [-0.4, -0.2) is 73.8 Å². The first-order chi connectivity index (χ1) is 16.8. The Balaban J connectivity index is 1.32. The van der Waals surface area contributed by atoms with Crippen LogP contribution in [0.4, 0.5) is 11.8 Å². The molecule has 0 spiro atoms. The van der Waals surface area contributed by atoms with Crippen LogP contribution in [0.3, 0.4) is 0 Å². The van der Waals surface area contributed by atoms with Gasteiger partial charge in [-0.2, -0.15) is 4.98 Å². The maximum Gasteiger partial charge on any atom is 0.267 e. The molecule has 2 aliphatic rings. The third-order valence-corrected chi connectivity index (χ3v) is 5.69. The standard InChI is InChI=1S/C23H25N5O5/c1-30-18-11-14-15(12-19(18)31-2)25-23(26-21(14)24)28-9-7-27(8-10-28)22(29)20-13-32-16-5-3-4-6-17(16)33-20/h3-6,11-12,20H,7-10,13H2,1-2H3,(H2,24,25,26)/i13D2. The number of nitrogens with two attached hydrogens (primary N) is 1. The van der Waals surface area contributed by atoms with Gasteiger partial charge in [0.25, 0.3) is 5.91 Å². The average molecular weight is 453 g/mol. The highest BCUT2D eigenvalue weighted by molar-refractivity contribution is 5.91. The van der Waals surface area contributed by atoms with Gasteiger partial charge in [0, 0.05) is 37.6 Å². The number of anilines is 2. The number of fused-ring (bicyclic) bond motifs is 2. The van der Waals surface area contributed by atoms with Crippen LogP contribution in [0.5, 0.6) is 23.0 Å². The Morgan fingerprint density at radius 3 is 2.52 bits per heavy atom. The minimum absolute atomic E-state index is 0.270. The van der Waals surface area contributed by atoms with E-state index in [0.717, 1.165) is 0 Å². The van der Waals surface area contributed by atoms with Gasteiger partial charge in [-0.1, -0.05) is 12.1 Å². The topological polar surface area (TPSA) is 112 Å². The first-order valence-electron chi connectivity index (χ1n) is 11.5. The van der Waals surface area contributed by atoms with Gasteiger partial charge in [-0.25, -0.2) is 4.98 Å². The molecule has 5 rings (SSSR count). The van der Waals surface area contributed by atoms with Crippen molar-refractivity contribution in [1.29, 1.82) is 0 Å². The van der Waals surface area contributed by atoms with Crippen molar-refractivity contribution in [3.63, 3.8) is 0 Å². The van der Waals surface area contributed by atoms with E-state index in [2.05, 4.69) is 9.97 Å². The van der Waals surface area contributed by atoms with E-state index in [9.17, 15) is 4.79 Å². The van der Waals surface area contributed by atoms with Gasteiger partial charge in [0.05, 0.1) is 22.5 Å². The number of ether oxygens (including phenoxy) is 4. The molecule has 1 saturated heterocycles. The monoisotopic (exact) mass is 453 g/mol. The van der Waals surface area contributed by atoms with Crippen LogP contribution in [0.25, 0.3) is 10.9 Å². The van der Waals surface area contributed by atoms with Crippen LogP contribution < -0.4 is 29.6 Å². The molecule has 33 heavy (non-hydrogen) atoms. The molecular weight excluding hydrogens is 426 g/mol. The number of aromatic nitrogens is 2. The summed E-state index contributed by atoms with van der Waals surface area (Å²) in [6.07, 6.45) is -1.40. The summed E-state index contributed by atoms with van der Waals surface area (Å²) in [5, 5.41) is 0.650. The molecule has 172 valence electrons. The molecule has 2 N–H and O–H groups in total. The van der Waals surface area contributed by atoms with Crippen molar-refractivity contribution < 1.29 is 26.5 Å². The minimum Gasteiger partial charge on any atom is -0.493 e. The first kappa shape index (κ1) is 18.6. The van der Waals surface area contributed by atoms with Crippen LogP contribution in [-0.2, 0) is 4.79 Å². The lowest BCUT2D eigenvalue weighted by Gasteiger charge is -2.37. The Labute approximate surface area is 193 Å². The Morgan fingerprint density at radius 1 is 1.09 bits per heavy atom. The lowest BCUT2D eigenvalue weighted by atomic mass is 10.2. The van der Waals surface area contributed by atoms with Crippen molar-refractivity contribution in [2.45, 2.75) is 6.10 Å². The van der Waals surface area contributed by atoms with E-state index < -0.39 is 18.6 Å². The lowest BCUT2D eigenvalue weighted by Crippen LogP contribution is -2.54. The second-order valence-electron chi connectivity index (χ2n) is 7.61. The van der Waals surface area contributed by atoms with Gasteiger partial charge in [-0.05, 0) is 18.2 Å². The molecule has 2 aromatic carbocycles. The number of methoxy groups -OCH3 is 2. The zero-order chi connectivity index (χ0) is 24.7. The Bertz CT molecular complexity index is 1280. The molecule has 1 fully saturated rings. The summed E-state index contributed by atoms with van der Waals surface area (Å²) in [4.78, 5) is 25.8. The zero-order valence-corrected chi connectivity index (χ0v) is 18.3. The highest BCUT2D eigenvalue weighted by Crippen LogP contribution is 2.34. The fourth-order valence-corrected chi connectivity index (χ4v) is 3.90. The second kappa shape index (κ2) is 8.53. The first-order valence-corrected chi connectivity index (χ1v) is 10.5. The van der Waals surface area contributed by atoms with E-state index in [1.807, 2.05) is 4.90 Å². The number of para-hydroxylation sites is 2. The third-order valence-electron chi connectivity index (χ3n) is 5.69. The zero-order valence-electron chi connectivity index (χ0n) is 20.3. The number of carbonyl (C=O) groups excluding carboxylic acids is 1. The number of hydrogen-bond donors (Lipinski definition) is 1. The molecule has 0 radical (unpaired) electrons. The number of piperazine rings is 1. The van der Waals surface area contributed by atoms with Crippen LogP contribution in [0.1, 0.15) is 2.74 Å². The van der Waals surface area contributed by atoms with E-state index in [1.54, 1.807) is 55.5 Å². The van der Waals surface area contributed by atoms with Gasteiger partial charge >= 0.3 is 0 Å². The van der Waals surface area contributed by atoms with Crippen molar-refractivity contribution in [3.05, 3.63) is 36.4 Å². The fraction of sp³-hybridized carbons (Fsp3) is 0.348. The smallest absolute Gasteiger partial charge is 0.267 e. The Morgan fingerprint density at radius 2 is 1.79 bits per heavy atom. The molecule has 0 aliphatic carbocycles. The number of carbonyl (C=O) groups is 1. The van der Waals surface area contributed by atoms with Crippen LogP contribution in [0.15, 0.2) is 36.4 Å². The highest BCUT2D eigenvalue weighted by atomic mass is 16.6. The summed E-state index contributed by atoms with van der Waals surface area (Å²) in [5.41, 5.74) is 6.82. The van der Waals surface area contributed by atoms with Crippen LogP contribution >= 0.6 is 0 Å². The molecule has 10 heteroatoms. The van der Waals surface area contributed by atoms with E-state index in [-0.39, 0.29) is 5.75 Å². The molecule has 10 nitrogen and oxygen atoms in total. The molecular formula is C23H25N5O5. The van der Waals surface area contributed by atoms with Crippen molar-refractivity contribution >= 4 is 28.6 Å². The molecule has 1 atom stereocenters. The highest BCUT2D eigenvalue weighted by Gasteiger charge is 2.33. The summed E-state index contributed by atoms with van der Waals surface area (Å²) in [5.74, 6) is 1.95. The molecule has 2 aliphatic heterocycles. The number of hydrogen-bond acceptors (Lipinski definition) is 9. The maximum absolute atomic E-state index is 13.2. The van der Waals surface area contributed by atoms with E-state index >= 15 is 0 Å². The van der Waals surface area contributed by atoms with Crippen LogP contribution in [0, 0.1) is 0 Å². The van der Waals surface area contributed by atoms with Crippen molar-refractivity contribution in [2.75, 3.05) is 57.6 Å². The quantitative estimate of drug-likeness (QED) is 0.631. The largest absolute Gasteiger partial charge is 0.493 e. The molecule has 1 aromatic heterocycles. The van der Waals surface area contributed by atoms with Gasteiger partial charge in [0.1, 0.15) is 12.4 Å². The Hall–Kier alpha value is -3.95. The molecule has 0 saturated carbocycles. The summed E-state index contributed by atoms with van der Waals surface area (Å²) < 4.78 is 38.3. The van der Waals surface area contributed by atoms with E-state index in [4.69, 9.17) is 27.4 Å². The lowest BCUT2D eigenvalue weighted by molar-refractivity contribution is -0.141. The van der Waals surface area contributed by atoms with E-state index in [0.29, 0.717) is 66.1 Å². The summed E-state index contributed by atoms with van der Waals surface area (Å²) in [6.45, 7) is -0.736. The van der Waals surface area contributed by atoms with Crippen molar-refractivity contribution in [3.8, 4) is 23.0 Å². The van der Waals surface area contributed by atoms with Crippen LogP contribution in [0.2, 0.25) is 0 Å². The summed E-state index contributed by atoms with van der Waals surface area (Å²) >= 11 is 0. The number of rotatable bonds is 4. The Kier molecular flexibility index (Phi) is 4.81. The number of nitrogens with zero attached hydrogens (tertiary/aromatic N) is 4.